The molecule has 0 aliphatic rings. The largest absolute Gasteiger partial charge is 0.366 e. The number of rotatable bonds is 7. The van der Waals surface area contributed by atoms with Gasteiger partial charge in [0, 0.05) is 40.9 Å². The molecule has 2 aromatic heterocycles. The number of aromatic nitrogens is 2. The van der Waals surface area contributed by atoms with Crippen molar-refractivity contribution in [3.8, 4) is 11.1 Å². The van der Waals surface area contributed by atoms with E-state index in [1.165, 1.54) is 12.4 Å². The number of carbonyl (C=O) groups is 3. The van der Waals surface area contributed by atoms with Gasteiger partial charge in [0.25, 0.3) is 0 Å². The lowest BCUT2D eigenvalue weighted by Crippen LogP contribution is -2.15. The van der Waals surface area contributed by atoms with Crippen LogP contribution in [0.25, 0.3) is 22.2 Å². The molecule has 180 valence electrons. The molecule has 0 aliphatic carbocycles. The molecule has 9 heteroatoms. The molecule has 0 fully saturated rings. The molecule has 4 rings (SSSR count). The summed E-state index contributed by atoms with van der Waals surface area (Å²) in [5.74, 6) is -4.14. The van der Waals surface area contributed by atoms with Gasteiger partial charge in [0.05, 0.1) is 11.3 Å². The highest BCUT2D eigenvalue weighted by molar-refractivity contribution is 6.17. The van der Waals surface area contributed by atoms with Crippen LogP contribution in [0.4, 0.5) is 14.5 Å². The average molecular weight is 478 g/mol. The van der Waals surface area contributed by atoms with Gasteiger partial charge in [-0.1, -0.05) is 26.5 Å². The molecule has 2 amide bonds. The number of anilines is 1. The topological polar surface area (TPSA) is 118 Å². The van der Waals surface area contributed by atoms with Crippen LogP contribution in [-0.4, -0.2) is 27.6 Å². The summed E-state index contributed by atoms with van der Waals surface area (Å²) in [5, 5.41) is 2.71. The second-order valence-corrected chi connectivity index (χ2v) is 7.68. The number of hydrogen-bond donors (Lipinski definition) is 3. The Morgan fingerprint density at radius 3 is 2.57 bits per heavy atom. The summed E-state index contributed by atoms with van der Waals surface area (Å²) in [6.07, 6.45) is 3.57. The van der Waals surface area contributed by atoms with Crippen molar-refractivity contribution in [2.45, 2.75) is 27.2 Å². The number of hydrogen-bond acceptors (Lipinski definition) is 4. The maximum absolute atomic E-state index is 15.1. The molecule has 0 bridgehead atoms. The number of primary amides is 1. The molecule has 4 N–H and O–H groups in total. The summed E-state index contributed by atoms with van der Waals surface area (Å²) in [4.78, 5) is 43.7. The van der Waals surface area contributed by atoms with E-state index in [0.717, 1.165) is 12.1 Å². The van der Waals surface area contributed by atoms with Crippen LogP contribution < -0.4 is 11.1 Å². The van der Waals surface area contributed by atoms with E-state index >= 15 is 4.39 Å². The van der Waals surface area contributed by atoms with Crippen LogP contribution in [0.3, 0.4) is 0 Å². The van der Waals surface area contributed by atoms with E-state index in [1.807, 2.05) is 0 Å². The first-order valence-electron chi connectivity index (χ1n) is 10.5. The number of nitrogens with zero attached hydrogens (tertiary/aromatic N) is 1. The first-order valence-corrected chi connectivity index (χ1v) is 10.5. The lowest BCUT2D eigenvalue weighted by atomic mass is 9.99. The molecule has 0 saturated carbocycles. The minimum Gasteiger partial charge on any atom is -0.366 e. The SMILES string of the molecule is C.CCCC(=O)Nc1ccc(F)c(C(=O)c2c[nH]c3ncc(-c4cccc(C(N)=O)c4)cc23)c1F. The van der Waals surface area contributed by atoms with Crippen LogP contribution in [0, 0.1) is 11.6 Å². The zero-order valence-electron chi connectivity index (χ0n) is 18.1. The molecule has 0 atom stereocenters. The molecule has 0 aliphatic heterocycles. The normalized spacial score (nSPS) is 10.6. The van der Waals surface area contributed by atoms with Crippen LogP contribution >= 0.6 is 0 Å². The third-order valence-corrected chi connectivity index (χ3v) is 5.33. The number of ketones is 1. The third kappa shape index (κ3) is 4.93. The van der Waals surface area contributed by atoms with Crippen molar-refractivity contribution in [2.24, 2.45) is 5.73 Å². The highest BCUT2D eigenvalue weighted by Gasteiger charge is 2.25. The minimum absolute atomic E-state index is 0. The molecule has 4 aromatic rings. The van der Waals surface area contributed by atoms with Crippen molar-refractivity contribution in [1.82, 2.24) is 9.97 Å². The van der Waals surface area contributed by atoms with Crippen molar-refractivity contribution >= 4 is 34.3 Å². The van der Waals surface area contributed by atoms with Crippen molar-refractivity contribution < 1.29 is 23.2 Å². The van der Waals surface area contributed by atoms with Crippen molar-refractivity contribution in [2.75, 3.05) is 5.32 Å². The first kappa shape index (κ1) is 25.2. The lowest BCUT2D eigenvalue weighted by Gasteiger charge is -2.10. The molecular weight excluding hydrogens is 454 g/mol. The fourth-order valence-corrected chi connectivity index (χ4v) is 3.63. The minimum atomic E-state index is -1.15. The highest BCUT2D eigenvalue weighted by Crippen LogP contribution is 2.29. The number of pyridine rings is 1. The average Bonchev–Trinajstić information content (AvgIpc) is 3.24. The van der Waals surface area contributed by atoms with E-state index in [0.29, 0.717) is 34.1 Å². The third-order valence-electron chi connectivity index (χ3n) is 5.33. The van der Waals surface area contributed by atoms with Gasteiger partial charge in [-0.25, -0.2) is 13.8 Å². The Morgan fingerprint density at radius 2 is 1.86 bits per heavy atom. The van der Waals surface area contributed by atoms with Gasteiger partial charge in [-0.05, 0) is 42.3 Å². The number of amides is 2. The Balaban J connectivity index is 0.00000342. The Kier molecular flexibility index (Phi) is 7.39. The fourth-order valence-electron chi connectivity index (χ4n) is 3.63. The van der Waals surface area contributed by atoms with E-state index in [1.54, 1.807) is 37.3 Å². The van der Waals surface area contributed by atoms with E-state index in [9.17, 15) is 18.8 Å². The standard InChI is InChI=1S/C25H20F2N4O3.CH4/c1-2-4-20(32)31-19-8-7-18(26)21(22(19)27)23(33)17-12-30-25-16(17)10-15(11-29-25)13-5-3-6-14(9-13)24(28)34;/h3,5-12H,2,4H2,1H3,(H2,28,34)(H,29,30)(H,31,32);1H4. The summed E-state index contributed by atoms with van der Waals surface area (Å²) >= 11 is 0. The molecule has 7 nitrogen and oxygen atoms in total. The maximum atomic E-state index is 15.1. The molecule has 2 heterocycles. The predicted octanol–water partition coefficient (Wildman–Crippen LogP) is 5.21. The molecule has 35 heavy (non-hydrogen) atoms. The van der Waals surface area contributed by atoms with Gasteiger partial charge in [-0.2, -0.15) is 0 Å². The molecule has 0 spiro atoms. The lowest BCUT2D eigenvalue weighted by molar-refractivity contribution is -0.116. The Hall–Kier alpha value is -4.40. The van der Waals surface area contributed by atoms with Crippen LogP contribution in [-0.2, 0) is 4.79 Å². The van der Waals surface area contributed by atoms with Crippen LogP contribution in [0.5, 0.6) is 0 Å². The predicted molar refractivity (Wildman–Crippen MR) is 130 cm³/mol. The number of benzene rings is 2. The van der Waals surface area contributed by atoms with Crippen molar-refractivity contribution in [3.63, 3.8) is 0 Å². The monoisotopic (exact) mass is 478 g/mol. The van der Waals surface area contributed by atoms with E-state index in [4.69, 9.17) is 5.73 Å². The second-order valence-electron chi connectivity index (χ2n) is 7.68. The Morgan fingerprint density at radius 1 is 1.09 bits per heavy atom. The number of H-pyrrole nitrogens is 1. The molecule has 2 aromatic carbocycles. The van der Waals surface area contributed by atoms with Gasteiger partial charge in [0.2, 0.25) is 17.6 Å². The number of nitrogens with two attached hydrogens (primary N) is 1. The zero-order valence-corrected chi connectivity index (χ0v) is 18.1. The second kappa shape index (κ2) is 10.3. The number of halogens is 2. The van der Waals surface area contributed by atoms with E-state index in [-0.39, 0.29) is 25.1 Å². The van der Waals surface area contributed by atoms with Crippen molar-refractivity contribution in [1.29, 1.82) is 0 Å². The summed E-state index contributed by atoms with van der Waals surface area (Å²) in [6, 6.07) is 10.2. The Bertz CT molecular complexity index is 1450. The van der Waals surface area contributed by atoms with Crippen molar-refractivity contribution in [3.05, 3.63) is 83.2 Å². The van der Waals surface area contributed by atoms with E-state index in [2.05, 4.69) is 15.3 Å². The quantitative estimate of drug-likeness (QED) is 0.316. The number of aromatic amines is 1. The highest BCUT2D eigenvalue weighted by atomic mass is 19.1. The summed E-state index contributed by atoms with van der Waals surface area (Å²) in [5.41, 5.74) is 6.14. The number of fused-ring (bicyclic) bond motifs is 1. The van der Waals surface area contributed by atoms with Crippen LogP contribution in [0.1, 0.15) is 53.5 Å². The van der Waals surface area contributed by atoms with Gasteiger partial charge < -0.3 is 16.0 Å². The first-order chi connectivity index (χ1) is 16.3. The summed E-state index contributed by atoms with van der Waals surface area (Å²) in [6.45, 7) is 1.79. The van der Waals surface area contributed by atoms with Crippen LogP contribution in [0.15, 0.2) is 54.9 Å². The molecule has 0 saturated heterocycles. The molecular formula is C26H24F2N4O3. The van der Waals surface area contributed by atoms with Gasteiger partial charge in [0.1, 0.15) is 11.5 Å². The van der Waals surface area contributed by atoms with Gasteiger partial charge in [0.15, 0.2) is 5.82 Å². The molecule has 0 unspecified atom stereocenters. The number of nitrogens with one attached hydrogen (secondary N) is 2. The Labute approximate surface area is 200 Å². The maximum Gasteiger partial charge on any atom is 0.248 e. The van der Waals surface area contributed by atoms with Crippen LogP contribution in [0.2, 0.25) is 0 Å². The summed E-state index contributed by atoms with van der Waals surface area (Å²) < 4.78 is 29.7. The van der Waals surface area contributed by atoms with Gasteiger partial charge >= 0.3 is 0 Å². The summed E-state index contributed by atoms with van der Waals surface area (Å²) in [7, 11) is 0. The zero-order chi connectivity index (χ0) is 24.4. The van der Waals surface area contributed by atoms with Gasteiger partial charge in [-0.15, -0.1) is 0 Å². The smallest absolute Gasteiger partial charge is 0.248 e. The molecule has 0 radical (unpaired) electrons. The van der Waals surface area contributed by atoms with E-state index < -0.39 is 34.8 Å². The number of carbonyl (C=O) groups excluding carboxylic acids is 3. The van der Waals surface area contributed by atoms with Gasteiger partial charge in [-0.3, -0.25) is 14.4 Å². The fraction of sp³-hybridized carbons (Fsp3) is 0.154.